The molecule has 20 heavy (non-hydrogen) atoms. The lowest BCUT2D eigenvalue weighted by atomic mass is 9.82. The van der Waals surface area contributed by atoms with Crippen LogP contribution in [0.25, 0.3) is 0 Å². The topological polar surface area (TPSA) is 87.7 Å². The van der Waals surface area contributed by atoms with Gasteiger partial charge in [0, 0.05) is 19.7 Å². The number of amides is 2. The molecule has 6 heteroatoms. The Hall–Kier alpha value is -1.30. The summed E-state index contributed by atoms with van der Waals surface area (Å²) >= 11 is 0. The third kappa shape index (κ3) is 4.67. The van der Waals surface area contributed by atoms with Crippen molar-refractivity contribution in [3.8, 4) is 0 Å². The minimum atomic E-state index is -0.876. The van der Waals surface area contributed by atoms with Crippen molar-refractivity contribution in [1.82, 2.24) is 10.6 Å². The minimum absolute atomic E-state index is 0.0797. The molecule has 116 valence electrons. The smallest absolute Gasteiger partial charge is 0.314 e. The van der Waals surface area contributed by atoms with Crippen LogP contribution in [0.15, 0.2) is 0 Å². The predicted molar refractivity (Wildman–Crippen MR) is 75.6 cm³/mol. The van der Waals surface area contributed by atoms with E-state index in [1.165, 1.54) is 0 Å². The molecule has 1 heterocycles. The average molecular weight is 286 g/mol. The summed E-state index contributed by atoms with van der Waals surface area (Å²) in [5.41, 5.74) is -0.876. The van der Waals surface area contributed by atoms with E-state index in [1.807, 2.05) is 13.8 Å². The van der Waals surface area contributed by atoms with Gasteiger partial charge in [0.1, 0.15) is 0 Å². The van der Waals surface area contributed by atoms with Gasteiger partial charge in [0.15, 0.2) is 0 Å². The van der Waals surface area contributed by atoms with E-state index in [0.717, 1.165) is 25.9 Å². The molecular weight excluding hydrogens is 260 g/mol. The van der Waals surface area contributed by atoms with Crippen molar-refractivity contribution in [2.45, 2.75) is 52.1 Å². The highest BCUT2D eigenvalue weighted by Crippen LogP contribution is 2.25. The Balaban J connectivity index is 2.32. The summed E-state index contributed by atoms with van der Waals surface area (Å²) in [7, 11) is 0. The van der Waals surface area contributed by atoms with Gasteiger partial charge in [0.05, 0.1) is 11.5 Å². The number of aliphatic carboxylic acids is 1. The third-order valence-electron chi connectivity index (χ3n) is 4.16. The molecule has 0 aromatic heterocycles. The Morgan fingerprint density at radius 2 is 1.95 bits per heavy atom. The van der Waals surface area contributed by atoms with E-state index in [0.29, 0.717) is 19.4 Å². The predicted octanol–water partition coefficient (Wildman–Crippen LogP) is 1.75. The molecule has 1 atom stereocenters. The van der Waals surface area contributed by atoms with Gasteiger partial charge in [-0.3, -0.25) is 4.79 Å². The monoisotopic (exact) mass is 286 g/mol. The minimum Gasteiger partial charge on any atom is -0.481 e. The van der Waals surface area contributed by atoms with Crippen LogP contribution < -0.4 is 10.6 Å². The average Bonchev–Trinajstić information content (AvgIpc) is 2.47. The molecule has 1 fully saturated rings. The molecule has 0 aliphatic carbocycles. The fourth-order valence-electron chi connectivity index (χ4n) is 2.36. The second kappa shape index (κ2) is 8.09. The number of carboxylic acids is 1. The summed E-state index contributed by atoms with van der Waals surface area (Å²) in [6.07, 6.45) is 4.23. The fourth-order valence-corrected chi connectivity index (χ4v) is 2.36. The van der Waals surface area contributed by atoms with Gasteiger partial charge >= 0.3 is 12.0 Å². The Bertz CT molecular complexity index is 323. The second-order valence-electron chi connectivity index (χ2n) is 5.34. The zero-order valence-electron chi connectivity index (χ0n) is 12.4. The molecule has 0 aromatic carbocycles. The van der Waals surface area contributed by atoms with Crippen LogP contribution in [0.1, 0.15) is 46.0 Å². The Kier molecular flexibility index (Phi) is 6.78. The normalized spacial score (nSPS) is 19.4. The molecule has 1 saturated heterocycles. The first kappa shape index (κ1) is 16.8. The molecule has 0 aromatic rings. The number of hydrogen-bond acceptors (Lipinski definition) is 3. The molecule has 0 spiro atoms. The molecule has 0 radical (unpaired) electrons. The molecule has 1 aliphatic rings. The number of nitrogens with one attached hydrogen (secondary N) is 2. The number of urea groups is 1. The zero-order valence-corrected chi connectivity index (χ0v) is 12.4. The summed E-state index contributed by atoms with van der Waals surface area (Å²) in [6.45, 7) is 5.03. The maximum absolute atomic E-state index is 11.7. The number of ether oxygens (including phenoxy) is 1. The van der Waals surface area contributed by atoms with E-state index < -0.39 is 11.4 Å². The highest BCUT2D eigenvalue weighted by atomic mass is 16.5. The maximum Gasteiger partial charge on any atom is 0.314 e. The lowest BCUT2D eigenvalue weighted by Crippen LogP contribution is -2.47. The summed E-state index contributed by atoms with van der Waals surface area (Å²) in [4.78, 5) is 23.0. The highest BCUT2D eigenvalue weighted by molar-refractivity contribution is 5.78. The number of carboxylic acid groups (broad SMARTS) is 1. The molecule has 2 amide bonds. The van der Waals surface area contributed by atoms with Gasteiger partial charge in [-0.1, -0.05) is 13.8 Å². The number of hydrogen-bond donors (Lipinski definition) is 3. The van der Waals surface area contributed by atoms with Gasteiger partial charge in [0.2, 0.25) is 0 Å². The lowest BCUT2D eigenvalue weighted by molar-refractivity contribution is -0.149. The van der Waals surface area contributed by atoms with Gasteiger partial charge in [-0.05, 0) is 32.1 Å². The van der Waals surface area contributed by atoms with E-state index >= 15 is 0 Å². The zero-order chi connectivity index (χ0) is 15.0. The van der Waals surface area contributed by atoms with E-state index in [1.54, 1.807) is 0 Å². The molecule has 1 rings (SSSR count). The van der Waals surface area contributed by atoms with Crippen LogP contribution in [0.3, 0.4) is 0 Å². The van der Waals surface area contributed by atoms with Crippen LogP contribution in [0.2, 0.25) is 0 Å². The largest absolute Gasteiger partial charge is 0.481 e. The van der Waals surface area contributed by atoms with Gasteiger partial charge in [-0.2, -0.15) is 0 Å². The second-order valence-corrected chi connectivity index (χ2v) is 5.34. The standard InChI is InChI=1S/C14H26N2O4/c1-3-14(4-2,12(17)18)10-16-13(19)15-9-11-7-5-6-8-20-11/h11H,3-10H2,1-2H3,(H,17,18)(H2,15,16,19). The SMILES string of the molecule is CCC(CC)(CNC(=O)NCC1CCCCO1)C(=O)O. The fraction of sp³-hybridized carbons (Fsp3) is 0.857. The number of carbonyl (C=O) groups is 2. The first-order valence-corrected chi connectivity index (χ1v) is 7.40. The van der Waals surface area contributed by atoms with Crippen molar-refractivity contribution < 1.29 is 19.4 Å². The van der Waals surface area contributed by atoms with Gasteiger partial charge in [-0.15, -0.1) is 0 Å². The Morgan fingerprint density at radius 1 is 1.25 bits per heavy atom. The summed E-state index contributed by atoms with van der Waals surface area (Å²) in [5.74, 6) is -0.863. The highest BCUT2D eigenvalue weighted by Gasteiger charge is 2.35. The van der Waals surface area contributed by atoms with Crippen LogP contribution >= 0.6 is 0 Å². The van der Waals surface area contributed by atoms with Crippen molar-refractivity contribution in [3.05, 3.63) is 0 Å². The third-order valence-corrected chi connectivity index (χ3v) is 4.16. The van der Waals surface area contributed by atoms with Crippen molar-refractivity contribution in [2.24, 2.45) is 5.41 Å². The number of carbonyl (C=O) groups excluding carboxylic acids is 1. The maximum atomic E-state index is 11.7. The molecule has 0 saturated carbocycles. The molecule has 0 bridgehead atoms. The van der Waals surface area contributed by atoms with E-state index in [4.69, 9.17) is 4.74 Å². The lowest BCUT2D eigenvalue weighted by Gasteiger charge is -2.27. The summed E-state index contributed by atoms with van der Waals surface area (Å²) in [5, 5.41) is 14.7. The van der Waals surface area contributed by atoms with E-state index in [9.17, 15) is 14.7 Å². The van der Waals surface area contributed by atoms with Gasteiger partial charge in [0.25, 0.3) is 0 Å². The molecule has 1 aliphatic heterocycles. The van der Waals surface area contributed by atoms with Gasteiger partial charge in [-0.25, -0.2) is 4.79 Å². The van der Waals surface area contributed by atoms with Crippen LogP contribution in [-0.2, 0) is 9.53 Å². The van der Waals surface area contributed by atoms with Crippen LogP contribution in [-0.4, -0.2) is 42.9 Å². The van der Waals surface area contributed by atoms with Crippen molar-refractivity contribution in [1.29, 1.82) is 0 Å². The molecule has 6 nitrogen and oxygen atoms in total. The summed E-state index contributed by atoms with van der Waals surface area (Å²) < 4.78 is 5.52. The van der Waals surface area contributed by atoms with E-state index in [-0.39, 0.29) is 18.7 Å². The first-order chi connectivity index (χ1) is 9.54. The number of rotatable bonds is 7. The summed E-state index contributed by atoms with van der Waals surface area (Å²) in [6, 6.07) is -0.327. The Morgan fingerprint density at radius 3 is 2.45 bits per heavy atom. The molecule has 3 N–H and O–H groups in total. The van der Waals surface area contributed by atoms with Gasteiger partial charge < -0.3 is 20.5 Å². The Labute approximate surface area is 120 Å². The van der Waals surface area contributed by atoms with Crippen LogP contribution in [0, 0.1) is 5.41 Å². The van der Waals surface area contributed by atoms with Crippen LogP contribution in [0.4, 0.5) is 4.79 Å². The molecular formula is C14H26N2O4. The van der Waals surface area contributed by atoms with Crippen molar-refractivity contribution in [2.75, 3.05) is 19.7 Å². The van der Waals surface area contributed by atoms with Crippen molar-refractivity contribution >= 4 is 12.0 Å². The van der Waals surface area contributed by atoms with Crippen LogP contribution in [0.5, 0.6) is 0 Å². The first-order valence-electron chi connectivity index (χ1n) is 7.40. The quantitative estimate of drug-likeness (QED) is 0.665. The van der Waals surface area contributed by atoms with Crippen molar-refractivity contribution in [3.63, 3.8) is 0 Å². The van der Waals surface area contributed by atoms with E-state index in [2.05, 4.69) is 10.6 Å². The molecule has 1 unspecified atom stereocenters.